The van der Waals surface area contributed by atoms with E-state index >= 15 is 0 Å². The van der Waals surface area contributed by atoms with Gasteiger partial charge in [0.1, 0.15) is 5.37 Å². The van der Waals surface area contributed by atoms with Crippen LogP contribution in [0.2, 0.25) is 0 Å². The largest absolute Gasteiger partial charge is 0.479 e. The number of rotatable bonds is 12. The third kappa shape index (κ3) is 4.61. The minimum Gasteiger partial charge on any atom is -0.479 e. The number of β-lactam (4-membered cyclic amide) rings is 1. The molecule has 4 atom stereocenters. The van der Waals surface area contributed by atoms with Crippen molar-refractivity contribution in [1.82, 2.24) is 4.90 Å². The highest BCUT2D eigenvalue weighted by molar-refractivity contribution is 8.14. The number of carbonyl (C=O) groups excluding carboxylic acids is 1. The number of hydrogen-bond acceptors (Lipinski definition) is 5. The molecule has 2 rings (SSSR count). The van der Waals surface area contributed by atoms with E-state index in [1.807, 2.05) is 6.92 Å². The zero-order valence-electron chi connectivity index (χ0n) is 15.3. The number of nitrogens with zero attached hydrogens (tertiary/aromatic N) is 2. The summed E-state index contributed by atoms with van der Waals surface area (Å²) >= 11 is 7.23. The first-order valence-electron chi connectivity index (χ1n) is 9.08. The SMILES string of the molecule is C=C(CCl)C(C(=O)O)N1C(=O)C2N=C(CCCCC(CC)OCC)SC21. The fraction of sp³-hybridized carbons (Fsp3) is 0.722. The van der Waals surface area contributed by atoms with Gasteiger partial charge in [0.15, 0.2) is 12.1 Å². The van der Waals surface area contributed by atoms with Crippen molar-refractivity contribution >= 4 is 40.3 Å². The van der Waals surface area contributed by atoms with E-state index in [0.717, 1.165) is 43.8 Å². The molecule has 0 spiro atoms. The number of halogens is 1. The van der Waals surface area contributed by atoms with Crippen molar-refractivity contribution in [2.45, 2.75) is 69.5 Å². The predicted molar refractivity (Wildman–Crippen MR) is 105 cm³/mol. The van der Waals surface area contributed by atoms with E-state index in [1.165, 1.54) is 16.7 Å². The second-order valence-corrected chi connectivity index (χ2v) is 7.94. The number of unbranched alkanes of at least 4 members (excludes halogenated alkanes) is 1. The Morgan fingerprint density at radius 3 is 2.77 bits per heavy atom. The molecule has 8 heteroatoms. The molecule has 1 N–H and O–H groups in total. The van der Waals surface area contributed by atoms with Crippen molar-refractivity contribution in [3.63, 3.8) is 0 Å². The normalized spacial score (nSPS) is 23.9. The maximum Gasteiger partial charge on any atom is 0.330 e. The number of aliphatic imine (C=N–C) groups is 1. The molecule has 26 heavy (non-hydrogen) atoms. The molecule has 0 aromatic rings. The van der Waals surface area contributed by atoms with Crippen molar-refractivity contribution in [3.8, 4) is 0 Å². The highest BCUT2D eigenvalue weighted by Gasteiger charge is 2.56. The number of fused-ring (bicyclic) bond motifs is 1. The fourth-order valence-electron chi connectivity index (χ4n) is 3.29. The van der Waals surface area contributed by atoms with Crippen molar-refractivity contribution < 1.29 is 19.4 Å². The summed E-state index contributed by atoms with van der Waals surface area (Å²) in [4.78, 5) is 29.7. The van der Waals surface area contributed by atoms with Crippen LogP contribution in [0.25, 0.3) is 0 Å². The minimum absolute atomic E-state index is 0.00887. The number of alkyl halides is 1. The predicted octanol–water partition coefficient (Wildman–Crippen LogP) is 3.29. The van der Waals surface area contributed by atoms with Gasteiger partial charge in [0.05, 0.1) is 11.1 Å². The summed E-state index contributed by atoms with van der Waals surface area (Å²) in [6.45, 7) is 8.57. The molecule has 1 amide bonds. The molecule has 1 saturated heterocycles. The number of carboxylic acid groups (broad SMARTS) is 1. The van der Waals surface area contributed by atoms with Gasteiger partial charge in [-0.25, -0.2) is 4.79 Å². The van der Waals surface area contributed by atoms with Crippen molar-refractivity contribution in [2.75, 3.05) is 12.5 Å². The van der Waals surface area contributed by atoms with Gasteiger partial charge >= 0.3 is 5.97 Å². The van der Waals surface area contributed by atoms with Gasteiger partial charge in [-0.1, -0.05) is 31.7 Å². The number of amides is 1. The van der Waals surface area contributed by atoms with Crippen LogP contribution in [0, 0.1) is 0 Å². The summed E-state index contributed by atoms with van der Waals surface area (Å²) in [6.07, 6.45) is 5.19. The van der Waals surface area contributed by atoms with Gasteiger partial charge in [0.2, 0.25) is 0 Å². The van der Waals surface area contributed by atoms with Crippen LogP contribution < -0.4 is 0 Å². The molecule has 2 heterocycles. The molecule has 0 bridgehead atoms. The Morgan fingerprint density at radius 1 is 1.46 bits per heavy atom. The molecule has 2 aliphatic rings. The van der Waals surface area contributed by atoms with Crippen molar-refractivity contribution in [1.29, 1.82) is 0 Å². The first-order valence-corrected chi connectivity index (χ1v) is 10.5. The Hall–Kier alpha value is -1.05. The third-order valence-electron chi connectivity index (χ3n) is 4.69. The van der Waals surface area contributed by atoms with Crippen LogP contribution in [0.4, 0.5) is 0 Å². The second-order valence-electron chi connectivity index (χ2n) is 6.49. The number of carboxylic acids is 1. The molecular formula is C18H27ClN2O4S. The van der Waals surface area contributed by atoms with Crippen LogP contribution in [0.1, 0.15) is 46.0 Å². The lowest BCUT2D eigenvalue weighted by Gasteiger charge is -2.44. The van der Waals surface area contributed by atoms with Gasteiger partial charge in [-0.15, -0.1) is 11.6 Å². The summed E-state index contributed by atoms with van der Waals surface area (Å²) in [5.74, 6) is -1.34. The standard InChI is InChI=1S/C18H27ClN2O4S/c1-4-12(25-5-2)8-6-7-9-13-20-14-16(22)21(17(14)26-13)15(18(23)24)11(3)10-19/h12,14-15,17H,3-10H2,1-2H3,(H,23,24). The summed E-state index contributed by atoms with van der Waals surface area (Å²) < 4.78 is 5.66. The number of likely N-dealkylation sites (tertiary alicyclic amines) is 1. The van der Waals surface area contributed by atoms with Gasteiger partial charge in [-0.05, 0) is 38.2 Å². The highest BCUT2D eigenvalue weighted by Crippen LogP contribution is 2.42. The number of ether oxygens (including phenoxy) is 1. The van der Waals surface area contributed by atoms with Crippen LogP contribution in [-0.4, -0.2) is 63.0 Å². The van der Waals surface area contributed by atoms with Crippen LogP contribution in [0.15, 0.2) is 17.1 Å². The van der Waals surface area contributed by atoms with Crippen LogP contribution >= 0.6 is 23.4 Å². The van der Waals surface area contributed by atoms with E-state index in [4.69, 9.17) is 16.3 Å². The van der Waals surface area contributed by atoms with E-state index < -0.39 is 18.1 Å². The zero-order chi connectivity index (χ0) is 19.3. The first kappa shape index (κ1) is 21.3. The van der Waals surface area contributed by atoms with Crippen LogP contribution in [0.5, 0.6) is 0 Å². The molecule has 0 radical (unpaired) electrons. The van der Waals surface area contributed by atoms with Crippen molar-refractivity contribution in [3.05, 3.63) is 12.2 Å². The second kappa shape index (κ2) is 9.76. The Balaban J connectivity index is 1.84. The van der Waals surface area contributed by atoms with E-state index in [-0.39, 0.29) is 17.2 Å². The van der Waals surface area contributed by atoms with Crippen molar-refractivity contribution in [2.24, 2.45) is 4.99 Å². The molecule has 6 nitrogen and oxygen atoms in total. The van der Waals surface area contributed by atoms with E-state index in [0.29, 0.717) is 11.7 Å². The Bertz CT molecular complexity index is 584. The number of thioether (sulfide) groups is 1. The molecule has 1 fully saturated rings. The lowest BCUT2D eigenvalue weighted by molar-refractivity contribution is -0.157. The topological polar surface area (TPSA) is 79.2 Å². The molecular weight excluding hydrogens is 376 g/mol. The first-order chi connectivity index (χ1) is 12.4. The molecule has 0 aliphatic carbocycles. The fourth-order valence-corrected chi connectivity index (χ4v) is 4.79. The zero-order valence-corrected chi connectivity index (χ0v) is 16.9. The van der Waals surface area contributed by atoms with E-state index in [9.17, 15) is 14.7 Å². The summed E-state index contributed by atoms with van der Waals surface area (Å²) in [7, 11) is 0. The maximum absolute atomic E-state index is 12.3. The Morgan fingerprint density at radius 2 is 2.19 bits per heavy atom. The van der Waals surface area contributed by atoms with Gasteiger partial charge in [-0.3, -0.25) is 9.79 Å². The van der Waals surface area contributed by atoms with Gasteiger partial charge in [-0.2, -0.15) is 0 Å². The lowest BCUT2D eigenvalue weighted by atomic mass is 10.00. The molecule has 0 aromatic heterocycles. The van der Waals surface area contributed by atoms with E-state index in [2.05, 4.69) is 18.5 Å². The molecule has 0 aromatic carbocycles. The highest BCUT2D eigenvalue weighted by atomic mass is 35.5. The van der Waals surface area contributed by atoms with Gasteiger partial charge < -0.3 is 14.7 Å². The minimum atomic E-state index is -1.10. The molecule has 4 unspecified atom stereocenters. The molecule has 2 aliphatic heterocycles. The summed E-state index contributed by atoms with van der Waals surface area (Å²) in [6, 6.07) is -1.52. The maximum atomic E-state index is 12.3. The van der Waals surface area contributed by atoms with E-state index in [1.54, 1.807) is 0 Å². The Kier molecular flexibility index (Phi) is 7.98. The third-order valence-corrected chi connectivity index (χ3v) is 6.34. The number of carbonyl (C=O) groups is 2. The Labute approximate surface area is 164 Å². The quantitative estimate of drug-likeness (QED) is 0.234. The number of hydrogen-bond donors (Lipinski definition) is 1. The lowest BCUT2D eigenvalue weighted by Crippen LogP contribution is -2.66. The van der Waals surface area contributed by atoms with Gasteiger partial charge in [0, 0.05) is 12.5 Å². The summed E-state index contributed by atoms with van der Waals surface area (Å²) in [5, 5.41) is 10.1. The molecule has 0 saturated carbocycles. The number of aliphatic carboxylic acids is 1. The average molecular weight is 403 g/mol. The van der Waals surface area contributed by atoms with Crippen LogP contribution in [0.3, 0.4) is 0 Å². The summed E-state index contributed by atoms with van der Waals surface area (Å²) in [5.41, 5.74) is 0.321. The smallest absolute Gasteiger partial charge is 0.330 e. The van der Waals surface area contributed by atoms with Crippen LogP contribution in [-0.2, 0) is 14.3 Å². The monoisotopic (exact) mass is 402 g/mol. The molecule has 146 valence electrons. The average Bonchev–Trinajstić information content (AvgIpc) is 3.00. The van der Waals surface area contributed by atoms with Gasteiger partial charge in [0.25, 0.3) is 5.91 Å².